The summed E-state index contributed by atoms with van der Waals surface area (Å²) in [6.45, 7) is 3.79. The fraction of sp³-hybridized carbons (Fsp3) is 0.308. The van der Waals surface area contributed by atoms with Crippen LogP contribution in [0.3, 0.4) is 0 Å². The van der Waals surface area contributed by atoms with Crippen LogP contribution in [0.4, 0.5) is 5.69 Å². The molecule has 1 aromatic carbocycles. The Labute approximate surface area is 133 Å². The number of hydrogen-bond donors (Lipinski definition) is 2. The minimum atomic E-state index is -3.67. The van der Waals surface area contributed by atoms with E-state index in [4.69, 9.17) is 17.3 Å². The minimum Gasteiger partial charge on any atom is -0.397 e. The maximum Gasteiger partial charge on any atom is 0.241 e. The van der Waals surface area contributed by atoms with Crippen molar-refractivity contribution in [2.24, 2.45) is 0 Å². The summed E-state index contributed by atoms with van der Waals surface area (Å²) in [5, 5.41) is 1.06. The molecule has 3 N–H and O–H groups in total. The molecule has 0 amide bonds. The summed E-state index contributed by atoms with van der Waals surface area (Å²) in [5.74, 6) is 0. The Kier molecular flexibility index (Phi) is 4.88. The van der Waals surface area contributed by atoms with E-state index in [1.807, 2.05) is 6.92 Å². The Balaban J connectivity index is 2.22. The molecule has 0 aliphatic carbocycles. The lowest BCUT2D eigenvalue weighted by atomic mass is 10.3. The molecular formula is C13H16ClN3O2S2. The van der Waals surface area contributed by atoms with Crippen LogP contribution < -0.4 is 10.5 Å². The van der Waals surface area contributed by atoms with E-state index in [0.29, 0.717) is 5.02 Å². The number of nitrogens with two attached hydrogens (primary N) is 1. The Bertz CT molecular complexity index is 744. The van der Waals surface area contributed by atoms with E-state index in [1.54, 1.807) is 13.1 Å². The van der Waals surface area contributed by atoms with Gasteiger partial charge in [0.05, 0.1) is 21.6 Å². The van der Waals surface area contributed by atoms with Crippen LogP contribution >= 0.6 is 22.9 Å². The lowest BCUT2D eigenvalue weighted by molar-refractivity contribution is 0.566. The monoisotopic (exact) mass is 345 g/mol. The molecule has 0 aliphatic heterocycles. The zero-order chi connectivity index (χ0) is 15.6. The predicted molar refractivity (Wildman–Crippen MR) is 86.1 cm³/mol. The molecule has 2 aromatic rings. The van der Waals surface area contributed by atoms with Gasteiger partial charge in [-0.15, -0.1) is 11.3 Å². The number of nitrogens with zero attached hydrogens (tertiary/aromatic N) is 1. The van der Waals surface area contributed by atoms with Gasteiger partial charge in [0.25, 0.3) is 0 Å². The number of halogens is 1. The van der Waals surface area contributed by atoms with Crippen LogP contribution in [0, 0.1) is 0 Å². The Morgan fingerprint density at radius 1 is 1.48 bits per heavy atom. The van der Waals surface area contributed by atoms with Gasteiger partial charge in [0.15, 0.2) is 0 Å². The molecule has 0 fully saturated rings. The van der Waals surface area contributed by atoms with E-state index in [-0.39, 0.29) is 10.6 Å². The van der Waals surface area contributed by atoms with Crippen molar-refractivity contribution >= 4 is 38.6 Å². The Hall–Kier alpha value is -1.15. The van der Waals surface area contributed by atoms with Crippen LogP contribution in [0.15, 0.2) is 29.3 Å². The molecule has 0 aliphatic rings. The van der Waals surface area contributed by atoms with Crippen molar-refractivity contribution in [3.8, 4) is 0 Å². The second kappa shape index (κ2) is 6.31. The summed E-state index contributed by atoms with van der Waals surface area (Å²) < 4.78 is 27.2. The van der Waals surface area contributed by atoms with E-state index in [1.165, 1.54) is 29.5 Å². The van der Waals surface area contributed by atoms with E-state index in [2.05, 4.69) is 9.71 Å². The first-order valence-electron chi connectivity index (χ1n) is 6.35. The highest BCUT2D eigenvalue weighted by Crippen LogP contribution is 2.25. The average molecular weight is 346 g/mol. The maximum absolute atomic E-state index is 12.3. The smallest absolute Gasteiger partial charge is 0.241 e. The molecule has 1 heterocycles. The summed E-state index contributed by atoms with van der Waals surface area (Å²) in [7, 11) is -3.67. The molecule has 2 rings (SSSR count). The Morgan fingerprint density at radius 2 is 2.19 bits per heavy atom. The maximum atomic E-state index is 12.3. The summed E-state index contributed by atoms with van der Waals surface area (Å²) in [5.41, 5.74) is 5.88. The number of hydrogen-bond acceptors (Lipinski definition) is 5. The highest BCUT2D eigenvalue weighted by atomic mass is 35.5. The predicted octanol–water partition coefficient (Wildman–Crippen LogP) is 2.98. The van der Waals surface area contributed by atoms with Gasteiger partial charge >= 0.3 is 0 Å². The van der Waals surface area contributed by atoms with Gasteiger partial charge in [-0.3, -0.25) is 0 Å². The van der Waals surface area contributed by atoms with Gasteiger partial charge in [-0.05, 0) is 31.5 Å². The molecule has 1 aromatic heterocycles. The quantitative estimate of drug-likeness (QED) is 0.816. The molecule has 0 bridgehead atoms. The average Bonchev–Trinajstić information content (AvgIpc) is 2.90. The van der Waals surface area contributed by atoms with Gasteiger partial charge in [-0.2, -0.15) is 0 Å². The lowest BCUT2D eigenvalue weighted by Gasteiger charge is -2.12. The highest BCUT2D eigenvalue weighted by Gasteiger charge is 2.21. The summed E-state index contributed by atoms with van der Waals surface area (Å²) in [6, 6.07) is 3.83. The standard InChI is InChI=1S/C13H16ClN3O2S2/c1-3-9-7-16-13(20-9)8(2)17-21(18,19)10-4-5-11(14)12(15)6-10/h4-8,17H,3,15H2,1-2H3. The summed E-state index contributed by atoms with van der Waals surface area (Å²) >= 11 is 7.30. The van der Waals surface area contributed by atoms with Crippen molar-refractivity contribution in [1.82, 2.24) is 9.71 Å². The van der Waals surface area contributed by atoms with Gasteiger partial charge in [0, 0.05) is 11.1 Å². The lowest BCUT2D eigenvalue weighted by Crippen LogP contribution is -2.26. The van der Waals surface area contributed by atoms with Crippen molar-refractivity contribution in [3.63, 3.8) is 0 Å². The van der Waals surface area contributed by atoms with Crippen molar-refractivity contribution in [2.45, 2.75) is 31.2 Å². The fourth-order valence-electron chi connectivity index (χ4n) is 1.73. The minimum absolute atomic E-state index is 0.0866. The number of thiazole rings is 1. The van der Waals surface area contributed by atoms with Crippen molar-refractivity contribution < 1.29 is 8.42 Å². The fourth-order valence-corrected chi connectivity index (χ4v) is 4.02. The van der Waals surface area contributed by atoms with Crippen LogP contribution in [0.5, 0.6) is 0 Å². The summed E-state index contributed by atoms with van der Waals surface area (Å²) in [6.07, 6.45) is 2.65. The first-order valence-corrected chi connectivity index (χ1v) is 9.03. The van der Waals surface area contributed by atoms with Crippen LogP contribution in [0.2, 0.25) is 5.02 Å². The topological polar surface area (TPSA) is 85.1 Å². The van der Waals surface area contributed by atoms with Crippen LogP contribution in [0.1, 0.15) is 29.8 Å². The third kappa shape index (κ3) is 3.74. The third-order valence-electron chi connectivity index (χ3n) is 2.90. The first-order chi connectivity index (χ1) is 9.83. The first kappa shape index (κ1) is 16.2. The van der Waals surface area contributed by atoms with Crippen LogP contribution in [-0.2, 0) is 16.4 Å². The molecule has 114 valence electrons. The SMILES string of the molecule is CCc1cnc(C(C)NS(=O)(=O)c2ccc(Cl)c(N)c2)s1. The normalized spacial score (nSPS) is 13.3. The van der Waals surface area contributed by atoms with Gasteiger partial charge in [-0.25, -0.2) is 18.1 Å². The molecule has 1 unspecified atom stereocenters. The molecule has 0 spiro atoms. The molecule has 0 radical (unpaired) electrons. The van der Waals surface area contributed by atoms with Crippen LogP contribution in [-0.4, -0.2) is 13.4 Å². The van der Waals surface area contributed by atoms with E-state index < -0.39 is 16.1 Å². The zero-order valence-electron chi connectivity index (χ0n) is 11.6. The van der Waals surface area contributed by atoms with Gasteiger partial charge in [-0.1, -0.05) is 18.5 Å². The number of aryl methyl sites for hydroxylation is 1. The zero-order valence-corrected chi connectivity index (χ0v) is 14.0. The second-order valence-electron chi connectivity index (χ2n) is 4.54. The van der Waals surface area contributed by atoms with Crippen molar-refractivity contribution in [2.75, 3.05) is 5.73 Å². The van der Waals surface area contributed by atoms with E-state index in [0.717, 1.165) is 16.3 Å². The van der Waals surface area contributed by atoms with Crippen LogP contribution in [0.25, 0.3) is 0 Å². The van der Waals surface area contributed by atoms with E-state index in [9.17, 15) is 8.42 Å². The number of nitrogens with one attached hydrogen (secondary N) is 1. The third-order valence-corrected chi connectivity index (χ3v) is 6.11. The number of nitrogen functional groups attached to an aromatic ring is 1. The molecule has 21 heavy (non-hydrogen) atoms. The number of anilines is 1. The molecule has 1 atom stereocenters. The number of aromatic nitrogens is 1. The van der Waals surface area contributed by atoms with E-state index >= 15 is 0 Å². The number of rotatable bonds is 5. The Morgan fingerprint density at radius 3 is 2.76 bits per heavy atom. The highest BCUT2D eigenvalue weighted by molar-refractivity contribution is 7.89. The molecule has 5 nitrogen and oxygen atoms in total. The number of benzene rings is 1. The molecule has 0 saturated heterocycles. The number of sulfonamides is 1. The molecule has 8 heteroatoms. The molecule has 0 saturated carbocycles. The summed E-state index contributed by atoms with van der Waals surface area (Å²) in [4.78, 5) is 5.45. The van der Waals surface area contributed by atoms with Gasteiger partial charge in [0.1, 0.15) is 5.01 Å². The second-order valence-corrected chi connectivity index (χ2v) is 7.81. The largest absolute Gasteiger partial charge is 0.397 e. The molecular weight excluding hydrogens is 330 g/mol. The van der Waals surface area contributed by atoms with Gasteiger partial charge < -0.3 is 5.73 Å². The van der Waals surface area contributed by atoms with Gasteiger partial charge in [0.2, 0.25) is 10.0 Å². The van der Waals surface area contributed by atoms with Crippen molar-refractivity contribution in [1.29, 1.82) is 0 Å². The van der Waals surface area contributed by atoms with Crippen molar-refractivity contribution in [3.05, 3.63) is 39.3 Å².